The number of carbonyl (C=O) groups excluding carboxylic acids is 2. The van der Waals surface area contributed by atoms with Crippen molar-refractivity contribution in [1.82, 2.24) is 9.29 Å². The molecule has 0 aliphatic heterocycles. The fraction of sp³-hybridized carbons (Fsp3) is 0.286. The van der Waals surface area contributed by atoms with Crippen LogP contribution in [0.4, 0.5) is 5.13 Å². The molecule has 2 aromatic carbocycles. The Morgan fingerprint density at radius 1 is 1.13 bits per heavy atom. The predicted molar refractivity (Wildman–Crippen MR) is 118 cm³/mol. The van der Waals surface area contributed by atoms with Gasteiger partial charge in [-0.1, -0.05) is 35.6 Å². The smallest absolute Gasteiger partial charge is 0.242 e. The van der Waals surface area contributed by atoms with Crippen molar-refractivity contribution in [3.05, 3.63) is 53.6 Å². The molecular weight excluding hydrogens is 422 g/mol. The summed E-state index contributed by atoms with van der Waals surface area (Å²) in [4.78, 5) is 28.1. The molecule has 0 spiro atoms. The lowest BCUT2D eigenvalue weighted by Gasteiger charge is -2.17. The van der Waals surface area contributed by atoms with E-state index in [0.717, 1.165) is 15.8 Å². The first-order valence-corrected chi connectivity index (χ1v) is 11.7. The van der Waals surface area contributed by atoms with E-state index in [9.17, 15) is 18.0 Å². The number of fused-ring (bicyclic) bond motifs is 1. The fourth-order valence-electron chi connectivity index (χ4n) is 2.95. The van der Waals surface area contributed by atoms with Gasteiger partial charge in [-0.2, -0.15) is 0 Å². The van der Waals surface area contributed by atoms with Crippen molar-refractivity contribution in [2.45, 2.75) is 31.6 Å². The summed E-state index contributed by atoms with van der Waals surface area (Å²) in [5.74, 6) is -0.329. The molecule has 1 aromatic heterocycles. The van der Waals surface area contributed by atoms with Crippen LogP contribution in [0.1, 0.15) is 35.7 Å². The Balaban J connectivity index is 1.54. The highest BCUT2D eigenvalue weighted by molar-refractivity contribution is 7.89. The standard InChI is InChI=1S/C21H23N3O4S2/c1-14-6-4-7-18-20(14)23-21(29-18)22-19(26)8-5-13-24(3)30(27,28)17-11-9-16(10-12-17)15(2)25/h4,6-7,9-12H,5,8,13H2,1-3H3,(H,22,23,26). The lowest BCUT2D eigenvalue weighted by atomic mass is 10.2. The maximum Gasteiger partial charge on any atom is 0.242 e. The molecule has 3 aromatic rings. The average molecular weight is 446 g/mol. The van der Waals surface area contributed by atoms with E-state index in [0.29, 0.717) is 17.1 Å². The molecule has 9 heteroatoms. The van der Waals surface area contributed by atoms with Crippen LogP contribution in [-0.2, 0) is 14.8 Å². The summed E-state index contributed by atoms with van der Waals surface area (Å²) in [7, 11) is -2.21. The Hall–Kier alpha value is -2.62. The van der Waals surface area contributed by atoms with Crippen LogP contribution in [0, 0.1) is 6.92 Å². The highest BCUT2D eigenvalue weighted by atomic mass is 32.2. The normalized spacial score (nSPS) is 11.7. The number of thiazole rings is 1. The number of carbonyl (C=O) groups is 2. The SMILES string of the molecule is CC(=O)c1ccc(S(=O)(=O)N(C)CCCC(=O)Nc2nc3c(C)cccc3s2)cc1. The molecule has 0 radical (unpaired) electrons. The number of aromatic nitrogens is 1. The van der Waals surface area contributed by atoms with Crippen LogP contribution >= 0.6 is 11.3 Å². The summed E-state index contributed by atoms with van der Waals surface area (Å²) in [6, 6.07) is 11.7. The van der Waals surface area contributed by atoms with Crippen molar-refractivity contribution in [3.63, 3.8) is 0 Å². The number of anilines is 1. The van der Waals surface area contributed by atoms with Crippen LogP contribution in [0.25, 0.3) is 10.2 Å². The Morgan fingerprint density at radius 3 is 2.47 bits per heavy atom. The van der Waals surface area contributed by atoms with Gasteiger partial charge in [0.2, 0.25) is 15.9 Å². The summed E-state index contributed by atoms with van der Waals surface area (Å²) in [6.07, 6.45) is 0.551. The molecule has 0 aliphatic rings. The fourth-order valence-corrected chi connectivity index (χ4v) is 5.11. The van der Waals surface area contributed by atoms with Crippen LogP contribution in [0.5, 0.6) is 0 Å². The van der Waals surface area contributed by atoms with Crippen LogP contribution in [0.2, 0.25) is 0 Å². The van der Waals surface area contributed by atoms with Gasteiger partial charge >= 0.3 is 0 Å². The van der Waals surface area contributed by atoms with Crippen LogP contribution in [0.15, 0.2) is 47.4 Å². The van der Waals surface area contributed by atoms with Gasteiger partial charge in [-0.05, 0) is 44.0 Å². The largest absolute Gasteiger partial charge is 0.302 e. The molecule has 0 saturated heterocycles. The van der Waals surface area contributed by atoms with Gasteiger partial charge in [-0.15, -0.1) is 0 Å². The third-order valence-corrected chi connectivity index (χ3v) is 7.52. The van der Waals surface area contributed by atoms with E-state index in [2.05, 4.69) is 10.3 Å². The first-order valence-electron chi connectivity index (χ1n) is 9.42. The minimum atomic E-state index is -3.68. The zero-order valence-electron chi connectivity index (χ0n) is 17.0. The topological polar surface area (TPSA) is 96.4 Å². The number of aryl methyl sites for hydroxylation is 1. The molecule has 0 fully saturated rings. The number of hydrogen-bond donors (Lipinski definition) is 1. The van der Waals surface area contributed by atoms with Crippen molar-refractivity contribution in [2.24, 2.45) is 0 Å². The third kappa shape index (κ3) is 4.92. The minimum Gasteiger partial charge on any atom is -0.302 e. The number of Topliss-reactive ketones (excluding diaryl/α,β-unsaturated/α-hetero) is 1. The number of sulfonamides is 1. The zero-order chi connectivity index (χ0) is 21.9. The number of para-hydroxylation sites is 1. The molecule has 30 heavy (non-hydrogen) atoms. The third-order valence-electron chi connectivity index (χ3n) is 4.71. The Bertz CT molecular complexity index is 1180. The summed E-state index contributed by atoms with van der Waals surface area (Å²) in [5, 5.41) is 3.33. The summed E-state index contributed by atoms with van der Waals surface area (Å²) in [6.45, 7) is 3.59. The molecule has 1 amide bonds. The number of hydrogen-bond acceptors (Lipinski definition) is 6. The second kappa shape index (κ2) is 9.03. The van der Waals surface area contributed by atoms with Gasteiger partial charge in [-0.3, -0.25) is 9.59 Å². The van der Waals surface area contributed by atoms with E-state index in [-0.39, 0.29) is 29.6 Å². The molecule has 158 valence electrons. The van der Waals surface area contributed by atoms with Crippen molar-refractivity contribution >= 4 is 48.4 Å². The van der Waals surface area contributed by atoms with Crippen molar-refractivity contribution in [1.29, 1.82) is 0 Å². The molecule has 7 nitrogen and oxygen atoms in total. The Labute approximate surface area is 179 Å². The van der Waals surface area contributed by atoms with E-state index in [1.807, 2.05) is 25.1 Å². The van der Waals surface area contributed by atoms with Crippen LogP contribution in [0.3, 0.4) is 0 Å². The van der Waals surface area contributed by atoms with Gasteiger partial charge in [0.25, 0.3) is 0 Å². The molecule has 1 heterocycles. The van der Waals surface area contributed by atoms with Crippen LogP contribution < -0.4 is 5.32 Å². The number of nitrogens with one attached hydrogen (secondary N) is 1. The molecule has 0 atom stereocenters. The number of benzene rings is 2. The highest BCUT2D eigenvalue weighted by Crippen LogP contribution is 2.28. The number of ketones is 1. The van der Waals surface area contributed by atoms with Crippen molar-refractivity contribution in [2.75, 3.05) is 18.9 Å². The lowest BCUT2D eigenvalue weighted by molar-refractivity contribution is -0.116. The summed E-state index contributed by atoms with van der Waals surface area (Å²) >= 11 is 1.41. The highest BCUT2D eigenvalue weighted by Gasteiger charge is 2.21. The second-order valence-corrected chi connectivity index (χ2v) is 10.1. The molecule has 0 aliphatic carbocycles. The zero-order valence-corrected chi connectivity index (χ0v) is 18.6. The van der Waals surface area contributed by atoms with E-state index in [1.54, 1.807) is 0 Å². The van der Waals surface area contributed by atoms with Gasteiger partial charge in [0.1, 0.15) is 0 Å². The summed E-state index contributed by atoms with van der Waals surface area (Å²) < 4.78 is 27.5. The molecule has 0 unspecified atom stereocenters. The number of rotatable bonds is 8. The Kier molecular flexibility index (Phi) is 6.64. The summed E-state index contributed by atoms with van der Waals surface area (Å²) in [5.41, 5.74) is 2.38. The lowest BCUT2D eigenvalue weighted by Crippen LogP contribution is -2.28. The van der Waals surface area contributed by atoms with Gasteiger partial charge in [-0.25, -0.2) is 17.7 Å². The molecule has 1 N–H and O–H groups in total. The number of nitrogens with zero attached hydrogens (tertiary/aromatic N) is 2. The van der Waals surface area contributed by atoms with Crippen molar-refractivity contribution < 1.29 is 18.0 Å². The van der Waals surface area contributed by atoms with Crippen LogP contribution in [-0.4, -0.2) is 43.0 Å². The number of amides is 1. The molecular formula is C21H23N3O4S2. The first-order chi connectivity index (χ1) is 14.2. The molecule has 3 rings (SSSR count). The molecule has 0 bridgehead atoms. The average Bonchev–Trinajstić information content (AvgIpc) is 3.11. The predicted octanol–water partition coefficient (Wildman–Crippen LogP) is 3.85. The monoisotopic (exact) mass is 445 g/mol. The van der Waals surface area contributed by atoms with E-state index < -0.39 is 10.0 Å². The second-order valence-electron chi connectivity index (χ2n) is 7.00. The maximum absolute atomic E-state index is 12.6. The first kappa shape index (κ1) is 22.1. The van der Waals surface area contributed by atoms with Crippen molar-refractivity contribution in [3.8, 4) is 0 Å². The van der Waals surface area contributed by atoms with Gasteiger partial charge in [0.05, 0.1) is 15.1 Å². The van der Waals surface area contributed by atoms with Gasteiger partial charge in [0.15, 0.2) is 10.9 Å². The van der Waals surface area contributed by atoms with Gasteiger partial charge in [0, 0.05) is 25.6 Å². The maximum atomic E-state index is 12.6. The van der Waals surface area contributed by atoms with E-state index >= 15 is 0 Å². The molecule has 0 saturated carbocycles. The minimum absolute atomic E-state index is 0.115. The Morgan fingerprint density at radius 2 is 1.83 bits per heavy atom. The van der Waals surface area contributed by atoms with Gasteiger partial charge < -0.3 is 5.32 Å². The quantitative estimate of drug-likeness (QED) is 0.531. The van der Waals surface area contributed by atoms with E-state index in [1.165, 1.54) is 53.9 Å². The van der Waals surface area contributed by atoms with E-state index in [4.69, 9.17) is 0 Å².